The molecule has 0 aliphatic heterocycles. The average Bonchev–Trinajstić information content (AvgIpc) is 3.10. The first-order valence-corrected chi connectivity index (χ1v) is 8.59. The summed E-state index contributed by atoms with van der Waals surface area (Å²) >= 11 is 1.16. The molecule has 3 rings (SSSR count). The first kappa shape index (κ1) is 17.6. The Hall–Kier alpha value is -3.18. The molecule has 26 heavy (non-hydrogen) atoms. The number of rotatable bonds is 5. The van der Waals surface area contributed by atoms with Gasteiger partial charge in [0.15, 0.2) is 5.16 Å². The summed E-state index contributed by atoms with van der Waals surface area (Å²) in [5.41, 5.74) is 1.31. The largest absolute Gasteiger partial charge is 0.325 e. The Bertz CT molecular complexity index is 981. The van der Waals surface area contributed by atoms with E-state index in [-0.39, 0.29) is 5.91 Å². The van der Waals surface area contributed by atoms with Crippen LogP contribution in [0.4, 0.5) is 10.1 Å². The summed E-state index contributed by atoms with van der Waals surface area (Å²) in [4.78, 5) is 12.4. The fraction of sp³-hybridized carbons (Fsp3) is 0.111. The summed E-state index contributed by atoms with van der Waals surface area (Å²) < 4.78 is 15.5. The molecule has 0 saturated carbocycles. The van der Waals surface area contributed by atoms with Crippen molar-refractivity contribution in [3.63, 3.8) is 0 Å². The van der Waals surface area contributed by atoms with Gasteiger partial charge in [-0.15, -0.1) is 10.2 Å². The van der Waals surface area contributed by atoms with Gasteiger partial charge in [-0.2, -0.15) is 5.26 Å². The number of benzene rings is 2. The number of hydrogen-bond donors (Lipinski definition) is 1. The van der Waals surface area contributed by atoms with Crippen molar-refractivity contribution in [2.75, 3.05) is 5.32 Å². The Kier molecular flexibility index (Phi) is 5.29. The van der Waals surface area contributed by atoms with Gasteiger partial charge in [0, 0.05) is 5.69 Å². The summed E-state index contributed by atoms with van der Waals surface area (Å²) in [5.74, 6) is -0.659. The highest BCUT2D eigenvalue weighted by molar-refractivity contribution is 8.00. The Labute approximate surface area is 153 Å². The van der Waals surface area contributed by atoms with Crippen molar-refractivity contribution < 1.29 is 9.18 Å². The van der Waals surface area contributed by atoms with E-state index in [2.05, 4.69) is 15.5 Å². The Balaban J connectivity index is 1.73. The Morgan fingerprint density at radius 3 is 2.88 bits per heavy atom. The molecule has 0 spiro atoms. The molecule has 1 atom stereocenters. The van der Waals surface area contributed by atoms with Crippen LogP contribution in [0.15, 0.2) is 60.0 Å². The van der Waals surface area contributed by atoms with Crippen molar-refractivity contribution >= 4 is 23.4 Å². The van der Waals surface area contributed by atoms with Crippen molar-refractivity contribution in [2.24, 2.45) is 0 Å². The number of halogens is 1. The zero-order valence-corrected chi connectivity index (χ0v) is 14.6. The molecule has 0 bridgehead atoms. The van der Waals surface area contributed by atoms with Crippen LogP contribution in [0, 0.1) is 17.1 Å². The molecule has 3 aromatic rings. The van der Waals surface area contributed by atoms with Gasteiger partial charge in [0.25, 0.3) is 0 Å². The molecule has 1 amide bonds. The SMILES string of the molecule is C[C@@H](Sc1nncn1-c1ccccc1F)C(=O)Nc1cccc(C#N)c1. The lowest BCUT2D eigenvalue weighted by Crippen LogP contribution is -2.22. The fourth-order valence-corrected chi connectivity index (χ4v) is 3.07. The maximum absolute atomic E-state index is 14.0. The molecule has 1 heterocycles. The van der Waals surface area contributed by atoms with Crippen molar-refractivity contribution in [3.05, 3.63) is 66.2 Å². The van der Waals surface area contributed by atoms with E-state index >= 15 is 0 Å². The highest BCUT2D eigenvalue weighted by Gasteiger charge is 2.19. The molecule has 0 unspecified atom stereocenters. The van der Waals surface area contributed by atoms with Crippen LogP contribution < -0.4 is 5.32 Å². The van der Waals surface area contributed by atoms with Gasteiger partial charge in [-0.1, -0.05) is 30.0 Å². The molecular formula is C18H14FN5OS. The van der Waals surface area contributed by atoms with Crippen LogP contribution in [0.3, 0.4) is 0 Å². The average molecular weight is 367 g/mol. The van der Waals surface area contributed by atoms with Crippen LogP contribution in [-0.2, 0) is 4.79 Å². The van der Waals surface area contributed by atoms with E-state index in [0.29, 0.717) is 22.1 Å². The maximum Gasteiger partial charge on any atom is 0.237 e. The fourth-order valence-electron chi connectivity index (χ4n) is 2.24. The second kappa shape index (κ2) is 7.80. The molecular weight excluding hydrogens is 353 g/mol. The maximum atomic E-state index is 14.0. The van der Waals surface area contributed by atoms with E-state index in [9.17, 15) is 9.18 Å². The number of nitriles is 1. The lowest BCUT2D eigenvalue weighted by atomic mass is 10.2. The van der Waals surface area contributed by atoms with E-state index in [0.717, 1.165) is 11.8 Å². The first-order valence-electron chi connectivity index (χ1n) is 7.71. The number of amides is 1. The second-order valence-corrected chi connectivity index (χ2v) is 6.68. The second-order valence-electron chi connectivity index (χ2n) is 5.38. The lowest BCUT2D eigenvalue weighted by molar-refractivity contribution is -0.115. The highest BCUT2D eigenvalue weighted by atomic mass is 32.2. The van der Waals surface area contributed by atoms with E-state index in [1.54, 1.807) is 49.4 Å². The molecule has 8 heteroatoms. The number of anilines is 1. The van der Waals surface area contributed by atoms with Crippen LogP contribution in [0.25, 0.3) is 5.69 Å². The van der Waals surface area contributed by atoms with Gasteiger partial charge in [-0.05, 0) is 37.3 Å². The lowest BCUT2D eigenvalue weighted by Gasteiger charge is -2.13. The number of thioether (sulfide) groups is 1. The van der Waals surface area contributed by atoms with E-state index in [1.807, 2.05) is 6.07 Å². The smallest absolute Gasteiger partial charge is 0.237 e. The minimum absolute atomic E-state index is 0.256. The van der Waals surface area contributed by atoms with Gasteiger partial charge >= 0.3 is 0 Å². The number of carbonyl (C=O) groups excluding carboxylic acids is 1. The van der Waals surface area contributed by atoms with Crippen LogP contribution in [0.5, 0.6) is 0 Å². The number of carbonyl (C=O) groups is 1. The highest BCUT2D eigenvalue weighted by Crippen LogP contribution is 2.25. The summed E-state index contributed by atoms with van der Waals surface area (Å²) in [7, 11) is 0. The van der Waals surface area contributed by atoms with E-state index in [4.69, 9.17) is 5.26 Å². The molecule has 1 aromatic heterocycles. The number of aromatic nitrogens is 3. The van der Waals surface area contributed by atoms with Gasteiger partial charge in [0.1, 0.15) is 12.1 Å². The molecule has 0 aliphatic rings. The van der Waals surface area contributed by atoms with E-state index < -0.39 is 11.1 Å². The molecule has 0 saturated heterocycles. The van der Waals surface area contributed by atoms with Crippen molar-refractivity contribution in [1.29, 1.82) is 5.26 Å². The minimum atomic E-state index is -0.504. The number of para-hydroxylation sites is 1. The topological polar surface area (TPSA) is 83.6 Å². The number of nitrogens with zero attached hydrogens (tertiary/aromatic N) is 4. The molecule has 6 nitrogen and oxygen atoms in total. The third kappa shape index (κ3) is 3.90. The normalized spacial score (nSPS) is 11.6. The molecule has 130 valence electrons. The minimum Gasteiger partial charge on any atom is -0.325 e. The zero-order chi connectivity index (χ0) is 18.5. The first-order chi connectivity index (χ1) is 12.6. The van der Waals surface area contributed by atoms with Gasteiger partial charge < -0.3 is 5.32 Å². The van der Waals surface area contributed by atoms with Gasteiger partial charge in [-0.25, -0.2) is 4.39 Å². The van der Waals surface area contributed by atoms with Crippen molar-refractivity contribution in [1.82, 2.24) is 14.8 Å². The van der Waals surface area contributed by atoms with Gasteiger partial charge in [-0.3, -0.25) is 9.36 Å². The quantitative estimate of drug-likeness (QED) is 0.699. The van der Waals surface area contributed by atoms with Gasteiger partial charge in [0.2, 0.25) is 5.91 Å². The van der Waals surface area contributed by atoms with Crippen LogP contribution >= 0.6 is 11.8 Å². The zero-order valence-electron chi connectivity index (χ0n) is 13.8. The van der Waals surface area contributed by atoms with Crippen LogP contribution in [0.2, 0.25) is 0 Å². The summed E-state index contributed by atoms with van der Waals surface area (Å²) in [6, 6.07) is 15.0. The van der Waals surface area contributed by atoms with E-state index in [1.165, 1.54) is 17.0 Å². The van der Waals surface area contributed by atoms with Gasteiger partial charge in [0.05, 0.1) is 22.6 Å². The molecule has 0 fully saturated rings. The number of nitrogens with one attached hydrogen (secondary N) is 1. The third-order valence-electron chi connectivity index (χ3n) is 3.54. The predicted molar refractivity (Wildman–Crippen MR) is 96.4 cm³/mol. The number of hydrogen-bond acceptors (Lipinski definition) is 5. The van der Waals surface area contributed by atoms with Crippen molar-refractivity contribution in [2.45, 2.75) is 17.3 Å². The van der Waals surface area contributed by atoms with Crippen molar-refractivity contribution in [3.8, 4) is 11.8 Å². The molecule has 0 radical (unpaired) electrons. The monoisotopic (exact) mass is 367 g/mol. The predicted octanol–water partition coefficient (Wildman–Crippen LogP) is 3.40. The Morgan fingerprint density at radius 2 is 2.12 bits per heavy atom. The molecule has 1 N–H and O–H groups in total. The third-order valence-corrected chi connectivity index (χ3v) is 4.60. The molecule has 2 aromatic carbocycles. The standard InChI is InChI=1S/C18H14FN5OS/c1-12(17(25)22-14-6-4-5-13(9-14)10-20)26-18-23-21-11-24(18)16-8-3-2-7-15(16)19/h2-9,11-12H,1H3,(H,22,25)/t12-/m1/s1. The summed E-state index contributed by atoms with van der Waals surface area (Å²) in [5, 5.41) is 19.4. The summed E-state index contributed by atoms with van der Waals surface area (Å²) in [6.07, 6.45) is 1.40. The molecule has 0 aliphatic carbocycles. The Morgan fingerprint density at radius 1 is 1.31 bits per heavy atom. The van der Waals surface area contributed by atoms with Crippen LogP contribution in [-0.4, -0.2) is 25.9 Å². The summed E-state index contributed by atoms with van der Waals surface area (Å²) in [6.45, 7) is 1.72. The van der Waals surface area contributed by atoms with Crippen LogP contribution in [0.1, 0.15) is 12.5 Å².